The Kier molecular flexibility index (Phi) is 1.96. The van der Waals surface area contributed by atoms with Gasteiger partial charge in [0.2, 0.25) is 0 Å². The topological polar surface area (TPSA) is 48.2 Å². The van der Waals surface area contributed by atoms with Crippen LogP contribution >= 0.6 is 0 Å². The Labute approximate surface area is 75.2 Å². The second kappa shape index (κ2) is 3.26. The Morgan fingerprint density at radius 1 is 1.31 bits per heavy atom. The molecule has 0 fully saturated rings. The molecule has 0 amide bonds. The summed E-state index contributed by atoms with van der Waals surface area (Å²) in [5.74, 6) is 0.667. The Morgan fingerprint density at radius 3 is 2.92 bits per heavy atom. The number of methoxy groups -OCH3 is 1. The summed E-state index contributed by atoms with van der Waals surface area (Å²) >= 11 is 0. The fourth-order valence-corrected chi connectivity index (χ4v) is 1.07. The molecule has 2 heterocycles. The van der Waals surface area contributed by atoms with Gasteiger partial charge in [-0.05, 0) is 0 Å². The number of furan rings is 1. The molecule has 0 spiro atoms. The van der Waals surface area contributed by atoms with Crippen LogP contribution < -0.4 is 4.74 Å². The third kappa shape index (κ3) is 1.38. The molecule has 0 aliphatic carbocycles. The number of ether oxygens (including phenoxy) is 1. The summed E-state index contributed by atoms with van der Waals surface area (Å²) in [6.07, 6.45) is 8.03. The Balaban J connectivity index is 2.47. The summed E-state index contributed by atoms with van der Waals surface area (Å²) in [6.45, 7) is 0. The molecule has 0 bridgehead atoms. The summed E-state index contributed by atoms with van der Waals surface area (Å²) < 4.78 is 10.1. The van der Waals surface area contributed by atoms with Crippen LogP contribution in [-0.4, -0.2) is 17.1 Å². The normalized spacial score (nSPS) is 9.92. The zero-order chi connectivity index (χ0) is 9.10. The highest BCUT2D eigenvalue weighted by atomic mass is 16.5. The van der Waals surface area contributed by atoms with Gasteiger partial charge >= 0.3 is 0 Å². The van der Waals surface area contributed by atoms with E-state index in [0.29, 0.717) is 5.75 Å². The molecule has 2 aromatic rings. The molecule has 66 valence electrons. The molecule has 2 rings (SSSR count). The largest absolute Gasteiger partial charge is 0.493 e. The molecule has 0 saturated heterocycles. The van der Waals surface area contributed by atoms with Gasteiger partial charge < -0.3 is 9.15 Å². The van der Waals surface area contributed by atoms with Crippen molar-refractivity contribution in [1.29, 1.82) is 0 Å². The van der Waals surface area contributed by atoms with Crippen LogP contribution in [0.3, 0.4) is 0 Å². The van der Waals surface area contributed by atoms with E-state index in [1.807, 2.05) is 0 Å². The van der Waals surface area contributed by atoms with Crippen molar-refractivity contribution >= 4 is 0 Å². The molecule has 13 heavy (non-hydrogen) atoms. The van der Waals surface area contributed by atoms with Crippen molar-refractivity contribution < 1.29 is 9.15 Å². The smallest absolute Gasteiger partial charge is 0.166 e. The molecule has 0 unspecified atom stereocenters. The maximum atomic E-state index is 5.08. The van der Waals surface area contributed by atoms with E-state index in [9.17, 15) is 0 Å². The maximum Gasteiger partial charge on any atom is 0.166 e. The average Bonchev–Trinajstić information content (AvgIpc) is 2.67. The summed E-state index contributed by atoms with van der Waals surface area (Å²) in [5.41, 5.74) is 1.56. The van der Waals surface area contributed by atoms with Gasteiger partial charge in [-0.15, -0.1) is 0 Å². The van der Waals surface area contributed by atoms with Crippen molar-refractivity contribution in [2.75, 3.05) is 7.11 Å². The minimum absolute atomic E-state index is 0.667. The van der Waals surface area contributed by atoms with Gasteiger partial charge in [0, 0.05) is 12.4 Å². The van der Waals surface area contributed by atoms with E-state index >= 15 is 0 Å². The third-order valence-electron chi connectivity index (χ3n) is 1.69. The van der Waals surface area contributed by atoms with Gasteiger partial charge in [-0.3, -0.25) is 9.97 Å². The monoisotopic (exact) mass is 176 g/mol. The van der Waals surface area contributed by atoms with E-state index in [1.54, 1.807) is 32.0 Å². The molecule has 0 aliphatic rings. The average molecular weight is 176 g/mol. The van der Waals surface area contributed by atoms with Gasteiger partial charge in [-0.25, -0.2) is 0 Å². The van der Waals surface area contributed by atoms with Gasteiger partial charge in [0.05, 0.1) is 24.6 Å². The molecule has 0 N–H and O–H groups in total. The van der Waals surface area contributed by atoms with E-state index in [-0.39, 0.29) is 0 Å². The molecule has 2 aromatic heterocycles. The molecule has 0 aromatic carbocycles. The van der Waals surface area contributed by atoms with Crippen LogP contribution in [0, 0.1) is 0 Å². The van der Waals surface area contributed by atoms with Gasteiger partial charge in [0.1, 0.15) is 12.5 Å². The molecule has 4 nitrogen and oxygen atoms in total. The Morgan fingerprint density at radius 2 is 2.23 bits per heavy atom. The SMILES string of the molecule is COc1cocc1-c1cnccn1. The summed E-state index contributed by atoms with van der Waals surface area (Å²) in [6, 6.07) is 0. The second-order valence-corrected chi connectivity index (χ2v) is 2.44. The van der Waals surface area contributed by atoms with Crippen LogP contribution in [0.1, 0.15) is 0 Å². The van der Waals surface area contributed by atoms with Gasteiger partial charge in [-0.2, -0.15) is 0 Å². The lowest BCUT2D eigenvalue weighted by molar-refractivity contribution is 0.407. The van der Waals surface area contributed by atoms with Crippen molar-refractivity contribution in [1.82, 2.24) is 9.97 Å². The zero-order valence-electron chi connectivity index (χ0n) is 7.10. The van der Waals surface area contributed by atoms with Gasteiger partial charge in [-0.1, -0.05) is 0 Å². The molecule has 0 radical (unpaired) electrons. The molecular formula is C9H8N2O2. The van der Waals surface area contributed by atoms with Gasteiger partial charge in [0.15, 0.2) is 5.75 Å². The first-order valence-corrected chi connectivity index (χ1v) is 3.78. The van der Waals surface area contributed by atoms with E-state index in [0.717, 1.165) is 11.3 Å². The summed E-state index contributed by atoms with van der Waals surface area (Å²) in [4.78, 5) is 8.08. The van der Waals surface area contributed by atoms with E-state index < -0.39 is 0 Å². The van der Waals surface area contributed by atoms with Crippen LogP contribution in [0.15, 0.2) is 35.5 Å². The first-order chi connectivity index (χ1) is 6.42. The molecule has 0 saturated carbocycles. The third-order valence-corrected chi connectivity index (χ3v) is 1.69. The number of nitrogens with zero attached hydrogens (tertiary/aromatic N) is 2. The maximum absolute atomic E-state index is 5.08. The first kappa shape index (κ1) is 7.79. The summed E-state index contributed by atoms with van der Waals surface area (Å²) in [5, 5.41) is 0. The van der Waals surface area contributed by atoms with Crippen LogP contribution in [-0.2, 0) is 0 Å². The highest BCUT2D eigenvalue weighted by Gasteiger charge is 2.08. The lowest BCUT2D eigenvalue weighted by Gasteiger charge is -1.98. The molecular weight excluding hydrogens is 168 g/mol. The van der Waals surface area contributed by atoms with Crippen LogP contribution in [0.2, 0.25) is 0 Å². The highest BCUT2D eigenvalue weighted by molar-refractivity contribution is 5.64. The Hall–Kier alpha value is -1.84. The molecule has 0 aliphatic heterocycles. The van der Waals surface area contributed by atoms with Crippen molar-refractivity contribution in [2.45, 2.75) is 0 Å². The fraction of sp³-hybridized carbons (Fsp3) is 0.111. The van der Waals surface area contributed by atoms with Gasteiger partial charge in [0.25, 0.3) is 0 Å². The van der Waals surface area contributed by atoms with E-state index in [4.69, 9.17) is 9.15 Å². The standard InChI is InChI=1S/C9H8N2O2/c1-12-9-6-13-5-7(9)8-4-10-2-3-11-8/h2-6H,1H3. The molecule has 0 atom stereocenters. The van der Waals surface area contributed by atoms with Crippen LogP contribution in [0.4, 0.5) is 0 Å². The number of rotatable bonds is 2. The predicted octanol–water partition coefficient (Wildman–Crippen LogP) is 1.75. The fourth-order valence-electron chi connectivity index (χ4n) is 1.07. The van der Waals surface area contributed by atoms with Crippen LogP contribution in [0.5, 0.6) is 5.75 Å². The first-order valence-electron chi connectivity index (χ1n) is 3.78. The van der Waals surface area contributed by atoms with E-state index in [1.165, 1.54) is 6.26 Å². The van der Waals surface area contributed by atoms with Crippen molar-refractivity contribution in [2.24, 2.45) is 0 Å². The predicted molar refractivity (Wildman–Crippen MR) is 46.3 cm³/mol. The zero-order valence-corrected chi connectivity index (χ0v) is 7.10. The Bertz CT molecular complexity index is 384. The molecule has 4 heteroatoms. The van der Waals surface area contributed by atoms with Crippen molar-refractivity contribution in [3.63, 3.8) is 0 Å². The summed E-state index contributed by atoms with van der Waals surface area (Å²) in [7, 11) is 1.59. The number of hydrogen-bond donors (Lipinski definition) is 0. The minimum Gasteiger partial charge on any atom is -0.493 e. The van der Waals surface area contributed by atoms with Crippen LogP contribution in [0.25, 0.3) is 11.3 Å². The lowest BCUT2D eigenvalue weighted by atomic mass is 10.2. The minimum atomic E-state index is 0.667. The highest BCUT2D eigenvalue weighted by Crippen LogP contribution is 2.28. The van der Waals surface area contributed by atoms with Crippen molar-refractivity contribution in [3.05, 3.63) is 31.1 Å². The second-order valence-electron chi connectivity index (χ2n) is 2.44. The van der Waals surface area contributed by atoms with Crippen molar-refractivity contribution in [3.8, 4) is 17.0 Å². The van der Waals surface area contributed by atoms with E-state index in [2.05, 4.69) is 9.97 Å². The quantitative estimate of drug-likeness (QED) is 0.699. The lowest BCUT2D eigenvalue weighted by Crippen LogP contribution is -1.86. The number of hydrogen-bond acceptors (Lipinski definition) is 4. The number of aromatic nitrogens is 2.